The second kappa shape index (κ2) is 3.05. The van der Waals surface area contributed by atoms with E-state index in [1.165, 1.54) is 0 Å². The monoisotopic (exact) mass is 181 g/mol. The van der Waals surface area contributed by atoms with Crippen LogP contribution in [0.15, 0.2) is 12.1 Å². The molecule has 1 aliphatic heterocycles. The maximum atomic E-state index is 5.35. The summed E-state index contributed by atoms with van der Waals surface area (Å²) in [5.41, 5.74) is 0.942. The van der Waals surface area contributed by atoms with Crippen LogP contribution >= 0.6 is 0 Å². The Hall–Kier alpha value is -1.58. The SMILES string of the molecule is COc1ccc2c(c1OC)OCN2. The van der Waals surface area contributed by atoms with Crippen molar-refractivity contribution in [3.05, 3.63) is 12.1 Å². The maximum Gasteiger partial charge on any atom is 0.205 e. The summed E-state index contributed by atoms with van der Waals surface area (Å²) in [4.78, 5) is 0. The van der Waals surface area contributed by atoms with Gasteiger partial charge in [-0.2, -0.15) is 0 Å². The quantitative estimate of drug-likeness (QED) is 0.749. The Kier molecular flexibility index (Phi) is 1.88. The lowest BCUT2D eigenvalue weighted by atomic mass is 10.2. The molecular weight excluding hydrogens is 170 g/mol. The highest BCUT2D eigenvalue weighted by Crippen LogP contribution is 2.44. The van der Waals surface area contributed by atoms with Crippen LogP contribution in [0.5, 0.6) is 17.2 Å². The van der Waals surface area contributed by atoms with Gasteiger partial charge in [0, 0.05) is 0 Å². The summed E-state index contributed by atoms with van der Waals surface area (Å²) in [5, 5.41) is 3.07. The van der Waals surface area contributed by atoms with Gasteiger partial charge in [0.1, 0.15) is 0 Å². The highest BCUT2D eigenvalue weighted by molar-refractivity contribution is 5.69. The van der Waals surface area contributed by atoms with Crippen LogP contribution in [0.1, 0.15) is 0 Å². The van der Waals surface area contributed by atoms with Gasteiger partial charge in [-0.1, -0.05) is 0 Å². The molecule has 4 heteroatoms. The first-order chi connectivity index (χ1) is 6.36. The molecule has 0 amide bonds. The molecule has 0 bridgehead atoms. The van der Waals surface area contributed by atoms with Crippen LogP contribution in [-0.4, -0.2) is 21.0 Å². The average Bonchev–Trinajstić information content (AvgIpc) is 2.63. The third-order valence-electron chi connectivity index (χ3n) is 1.98. The standard InChI is InChI=1S/C9H11NO3/c1-11-7-4-3-6-8(9(7)12-2)13-5-10-6/h3-4,10H,5H2,1-2H3. The van der Waals surface area contributed by atoms with Crippen molar-refractivity contribution in [1.82, 2.24) is 0 Å². The molecule has 70 valence electrons. The lowest BCUT2D eigenvalue weighted by Gasteiger charge is -2.09. The number of fused-ring (bicyclic) bond motifs is 1. The fraction of sp³-hybridized carbons (Fsp3) is 0.333. The van der Waals surface area contributed by atoms with Crippen LogP contribution in [-0.2, 0) is 0 Å². The predicted octanol–water partition coefficient (Wildman–Crippen LogP) is 1.47. The molecule has 0 fully saturated rings. The van der Waals surface area contributed by atoms with Crippen molar-refractivity contribution in [1.29, 1.82) is 0 Å². The van der Waals surface area contributed by atoms with E-state index in [1.807, 2.05) is 12.1 Å². The van der Waals surface area contributed by atoms with E-state index in [9.17, 15) is 0 Å². The first-order valence-corrected chi connectivity index (χ1v) is 3.98. The number of methoxy groups -OCH3 is 2. The minimum Gasteiger partial charge on any atom is -0.493 e. The summed E-state index contributed by atoms with van der Waals surface area (Å²) in [7, 11) is 3.20. The second-order valence-corrected chi connectivity index (χ2v) is 2.64. The van der Waals surface area contributed by atoms with Crippen molar-refractivity contribution >= 4 is 5.69 Å². The summed E-state index contributed by atoms with van der Waals surface area (Å²) in [6.07, 6.45) is 0. The van der Waals surface area contributed by atoms with E-state index in [4.69, 9.17) is 14.2 Å². The molecule has 1 aliphatic rings. The fourth-order valence-electron chi connectivity index (χ4n) is 1.37. The van der Waals surface area contributed by atoms with Crippen molar-refractivity contribution in [2.75, 3.05) is 26.3 Å². The van der Waals surface area contributed by atoms with Gasteiger partial charge in [-0.05, 0) is 12.1 Å². The molecule has 0 saturated carbocycles. The molecule has 0 aliphatic carbocycles. The molecular formula is C9H11NO3. The zero-order valence-electron chi connectivity index (χ0n) is 7.59. The van der Waals surface area contributed by atoms with E-state index in [0.717, 1.165) is 11.4 Å². The third-order valence-corrected chi connectivity index (χ3v) is 1.98. The molecule has 0 atom stereocenters. The van der Waals surface area contributed by atoms with Gasteiger partial charge in [0.25, 0.3) is 0 Å². The van der Waals surface area contributed by atoms with Gasteiger partial charge < -0.3 is 19.5 Å². The number of benzene rings is 1. The molecule has 0 aromatic heterocycles. The largest absolute Gasteiger partial charge is 0.493 e. The molecule has 0 spiro atoms. The minimum atomic E-state index is 0.485. The van der Waals surface area contributed by atoms with E-state index in [-0.39, 0.29) is 0 Å². The maximum absolute atomic E-state index is 5.35. The Morgan fingerprint density at radius 2 is 2.15 bits per heavy atom. The van der Waals surface area contributed by atoms with Crippen molar-refractivity contribution in [3.63, 3.8) is 0 Å². The van der Waals surface area contributed by atoms with Crippen LogP contribution in [0.3, 0.4) is 0 Å². The predicted molar refractivity (Wildman–Crippen MR) is 48.7 cm³/mol. The van der Waals surface area contributed by atoms with Gasteiger partial charge in [0.2, 0.25) is 5.75 Å². The first-order valence-electron chi connectivity index (χ1n) is 3.98. The van der Waals surface area contributed by atoms with Gasteiger partial charge in [-0.3, -0.25) is 0 Å². The van der Waals surface area contributed by atoms with E-state index in [0.29, 0.717) is 18.2 Å². The molecule has 0 radical (unpaired) electrons. The van der Waals surface area contributed by atoms with E-state index < -0.39 is 0 Å². The zero-order chi connectivity index (χ0) is 9.26. The summed E-state index contributed by atoms with van der Waals surface area (Å²) in [6, 6.07) is 3.75. The Bertz CT molecular complexity index is 325. The number of ether oxygens (including phenoxy) is 3. The Morgan fingerprint density at radius 3 is 2.85 bits per heavy atom. The van der Waals surface area contributed by atoms with Crippen molar-refractivity contribution < 1.29 is 14.2 Å². The minimum absolute atomic E-state index is 0.485. The molecule has 1 heterocycles. The molecule has 0 unspecified atom stereocenters. The molecule has 4 nitrogen and oxygen atoms in total. The van der Waals surface area contributed by atoms with Crippen LogP contribution in [0.2, 0.25) is 0 Å². The summed E-state index contributed by atoms with van der Waals surface area (Å²) >= 11 is 0. The van der Waals surface area contributed by atoms with Crippen LogP contribution in [0, 0.1) is 0 Å². The van der Waals surface area contributed by atoms with Crippen molar-refractivity contribution in [3.8, 4) is 17.2 Å². The van der Waals surface area contributed by atoms with Gasteiger partial charge in [0.05, 0.1) is 19.9 Å². The number of anilines is 1. The van der Waals surface area contributed by atoms with E-state index >= 15 is 0 Å². The fourth-order valence-corrected chi connectivity index (χ4v) is 1.37. The second-order valence-electron chi connectivity index (χ2n) is 2.64. The topological polar surface area (TPSA) is 39.7 Å². The van der Waals surface area contributed by atoms with Crippen molar-refractivity contribution in [2.45, 2.75) is 0 Å². The summed E-state index contributed by atoms with van der Waals surface area (Å²) < 4.78 is 15.7. The lowest BCUT2D eigenvalue weighted by molar-refractivity contribution is 0.315. The smallest absolute Gasteiger partial charge is 0.205 e. The highest BCUT2D eigenvalue weighted by atomic mass is 16.5. The summed E-state index contributed by atoms with van der Waals surface area (Å²) in [6.45, 7) is 0.485. The normalized spacial score (nSPS) is 12.8. The molecule has 0 saturated heterocycles. The highest BCUT2D eigenvalue weighted by Gasteiger charge is 2.20. The third kappa shape index (κ3) is 1.14. The number of rotatable bonds is 2. The Labute approximate surface area is 76.4 Å². The molecule has 2 rings (SSSR count). The van der Waals surface area contributed by atoms with Gasteiger partial charge in [0.15, 0.2) is 18.2 Å². The molecule has 1 aromatic carbocycles. The Morgan fingerprint density at radius 1 is 1.31 bits per heavy atom. The number of hydrogen-bond donors (Lipinski definition) is 1. The van der Waals surface area contributed by atoms with Crippen LogP contribution < -0.4 is 19.5 Å². The van der Waals surface area contributed by atoms with Gasteiger partial charge in [-0.15, -0.1) is 0 Å². The lowest BCUT2D eigenvalue weighted by Crippen LogP contribution is -1.96. The van der Waals surface area contributed by atoms with E-state index in [2.05, 4.69) is 5.32 Å². The van der Waals surface area contributed by atoms with Crippen molar-refractivity contribution in [2.24, 2.45) is 0 Å². The van der Waals surface area contributed by atoms with Gasteiger partial charge >= 0.3 is 0 Å². The van der Waals surface area contributed by atoms with E-state index in [1.54, 1.807) is 14.2 Å². The number of nitrogens with one attached hydrogen (secondary N) is 1. The number of hydrogen-bond acceptors (Lipinski definition) is 4. The molecule has 1 aromatic rings. The summed E-state index contributed by atoms with van der Waals surface area (Å²) in [5.74, 6) is 2.05. The Balaban J connectivity index is 2.53. The zero-order valence-corrected chi connectivity index (χ0v) is 7.59. The van der Waals surface area contributed by atoms with Crippen LogP contribution in [0.25, 0.3) is 0 Å². The van der Waals surface area contributed by atoms with Crippen LogP contribution in [0.4, 0.5) is 5.69 Å². The van der Waals surface area contributed by atoms with Gasteiger partial charge in [-0.25, -0.2) is 0 Å². The molecule has 1 N–H and O–H groups in total. The first kappa shape index (κ1) is 8.04. The molecule has 13 heavy (non-hydrogen) atoms. The average molecular weight is 181 g/mol.